The number of rotatable bonds is 6. The first-order chi connectivity index (χ1) is 13.2. The van der Waals surface area contributed by atoms with Crippen molar-refractivity contribution in [2.75, 3.05) is 7.11 Å². The number of nitrogens with one attached hydrogen (secondary N) is 2. The average Bonchev–Trinajstić information content (AvgIpc) is 3.19. The highest BCUT2D eigenvalue weighted by molar-refractivity contribution is 9.10. The topological polar surface area (TPSA) is 79.4 Å². The van der Waals surface area contributed by atoms with Crippen LogP contribution in [0.1, 0.15) is 16.1 Å². The molecule has 136 valence electrons. The minimum atomic E-state index is -0.368. The molecule has 2 N–H and O–H groups in total. The van der Waals surface area contributed by atoms with Crippen LogP contribution >= 0.6 is 15.9 Å². The lowest BCUT2D eigenvalue weighted by molar-refractivity contribution is 0.0950. The number of carbonyl (C=O) groups excluding carboxylic acids is 1. The molecule has 3 rings (SSSR count). The Morgan fingerprint density at radius 1 is 1.22 bits per heavy atom. The molecule has 3 aromatic rings. The summed E-state index contributed by atoms with van der Waals surface area (Å²) in [6.07, 6.45) is 5.06. The fraction of sp³-hybridized carbons (Fsp3) is 0.0500. The van der Waals surface area contributed by atoms with Gasteiger partial charge in [0.2, 0.25) is 0 Å². The number of hydrogen-bond acceptors (Lipinski definition) is 4. The van der Waals surface area contributed by atoms with Crippen LogP contribution in [-0.2, 0) is 0 Å². The van der Waals surface area contributed by atoms with E-state index in [1.54, 1.807) is 19.3 Å². The molecule has 0 aliphatic rings. The third kappa shape index (κ3) is 4.92. The summed E-state index contributed by atoms with van der Waals surface area (Å²) in [4.78, 5) is 12.1. The van der Waals surface area contributed by atoms with Crippen molar-refractivity contribution in [2.45, 2.75) is 0 Å². The number of para-hydroxylation sites is 1. The molecule has 0 fully saturated rings. The number of aromatic amines is 1. The van der Waals surface area contributed by atoms with Gasteiger partial charge in [-0.2, -0.15) is 10.2 Å². The summed E-state index contributed by atoms with van der Waals surface area (Å²) in [5.74, 6) is 0.400. The summed E-state index contributed by atoms with van der Waals surface area (Å²) in [6.45, 7) is 0. The highest BCUT2D eigenvalue weighted by Crippen LogP contribution is 2.20. The molecule has 0 unspecified atom stereocenters. The van der Waals surface area contributed by atoms with Crippen LogP contribution in [0.4, 0.5) is 0 Å². The second kappa shape index (κ2) is 8.95. The van der Waals surface area contributed by atoms with Gasteiger partial charge in [-0.3, -0.25) is 9.89 Å². The van der Waals surface area contributed by atoms with Crippen molar-refractivity contribution in [3.63, 3.8) is 0 Å². The van der Waals surface area contributed by atoms with Crippen molar-refractivity contribution in [3.8, 4) is 17.0 Å². The Hall–Kier alpha value is -3.19. The minimum Gasteiger partial charge on any atom is -0.496 e. The first-order valence-electron chi connectivity index (χ1n) is 8.12. The van der Waals surface area contributed by atoms with Crippen LogP contribution in [0.5, 0.6) is 5.75 Å². The third-order valence-corrected chi connectivity index (χ3v) is 4.23. The van der Waals surface area contributed by atoms with Gasteiger partial charge in [-0.25, -0.2) is 5.43 Å². The Morgan fingerprint density at radius 2 is 2.00 bits per heavy atom. The zero-order valence-electron chi connectivity index (χ0n) is 14.5. The van der Waals surface area contributed by atoms with Gasteiger partial charge in [0.25, 0.3) is 5.91 Å². The van der Waals surface area contributed by atoms with E-state index in [2.05, 4.69) is 36.7 Å². The van der Waals surface area contributed by atoms with Gasteiger partial charge in [-0.1, -0.05) is 46.3 Å². The molecule has 27 heavy (non-hydrogen) atoms. The van der Waals surface area contributed by atoms with E-state index in [-0.39, 0.29) is 5.91 Å². The summed E-state index contributed by atoms with van der Waals surface area (Å²) in [5.41, 5.74) is 5.31. The molecular weight excluding hydrogens is 408 g/mol. The summed E-state index contributed by atoms with van der Waals surface area (Å²) >= 11 is 3.39. The summed E-state index contributed by atoms with van der Waals surface area (Å²) < 4.78 is 6.25. The van der Waals surface area contributed by atoms with Crippen LogP contribution < -0.4 is 10.2 Å². The summed E-state index contributed by atoms with van der Waals surface area (Å²) in [5, 5.41) is 10.8. The van der Waals surface area contributed by atoms with Crippen LogP contribution in [0.25, 0.3) is 17.3 Å². The second-order valence-corrected chi connectivity index (χ2v) is 6.41. The molecule has 0 bridgehead atoms. The van der Waals surface area contributed by atoms with E-state index in [1.807, 2.05) is 54.6 Å². The number of hydrazone groups is 1. The Kier molecular flexibility index (Phi) is 6.17. The normalized spacial score (nSPS) is 11.2. The minimum absolute atomic E-state index is 0.332. The van der Waals surface area contributed by atoms with Gasteiger partial charge in [0.05, 0.1) is 12.8 Å². The number of allylic oxidation sites excluding steroid dienone is 1. The maximum atomic E-state index is 12.1. The highest BCUT2D eigenvalue weighted by atomic mass is 79.9. The van der Waals surface area contributed by atoms with E-state index >= 15 is 0 Å². The quantitative estimate of drug-likeness (QED) is 0.457. The molecule has 0 radical (unpaired) electrons. The molecule has 0 aliphatic heterocycles. The van der Waals surface area contributed by atoms with E-state index in [0.717, 1.165) is 21.3 Å². The number of carbonyl (C=O) groups is 1. The monoisotopic (exact) mass is 424 g/mol. The standard InChI is InChI=1S/C20H17BrN4O2/c1-27-19-7-3-2-5-15(19)6-4-12-22-25-20(26)18-13-17(23-24-18)14-8-10-16(21)11-9-14/h2-13H,1H3,(H,23,24)(H,25,26)/b6-4+,22-12+. The van der Waals surface area contributed by atoms with Gasteiger partial charge in [-0.05, 0) is 36.4 Å². The Morgan fingerprint density at radius 3 is 2.78 bits per heavy atom. The Labute approximate surface area is 165 Å². The molecule has 1 amide bonds. The SMILES string of the molecule is COc1ccccc1/C=C/C=N/NC(=O)c1cc(-c2ccc(Br)cc2)n[nH]1. The first-order valence-corrected chi connectivity index (χ1v) is 8.91. The first kappa shape index (κ1) is 18.6. The zero-order valence-corrected chi connectivity index (χ0v) is 16.1. The highest BCUT2D eigenvalue weighted by Gasteiger charge is 2.10. The van der Waals surface area contributed by atoms with E-state index in [0.29, 0.717) is 11.4 Å². The predicted molar refractivity (Wildman–Crippen MR) is 110 cm³/mol. The third-order valence-electron chi connectivity index (χ3n) is 3.70. The molecular formula is C20H17BrN4O2. The Balaban J connectivity index is 1.58. The maximum Gasteiger partial charge on any atom is 0.289 e. The molecule has 0 saturated carbocycles. The molecule has 1 aromatic heterocycles. The van der Waals surface area contributed by atoms with Crippen molar-refractivity contribution in [1.29, 1.82) is 0 Å². The van der Waals surface area contributed by atoms with Crippen LogP contribution in [0.3, 0.4) is 0 Å². The number of amides is 1. The van der Waals surface area contributed by atoms with Gasteiger partial charge >= 0.3 is 0 Å². The van der Waals surface area contributed by atoms with Crippen LogP contribution in [0.15, 0.2) is 70.2 Å². The second-order valence-electron chi connectivity index (χ2n) is 5.49. The number of halogens is 1. The van der Waals surface area contributed by atoms with Crippen molar-refractivity contribution in [2.24, 2.45) is 5.10 Å². The van der Waals surface area contributed by atoms with Crippen LogP contribution in [0, 0.1) is 0 Å². The van der Waals surface area contributed by atoms with E-state index < -0.39 is 0 Å². The lowest BCUT2D eigenvalue weighted by atomic mass is 10.1. The summed E-state index contributed by atoms with van der Waals surface area (Å²) in [6, 6.07) is 17.0. The van der Waals surface area contributed by atoms with Gasteiger partial charge < -0.3 is 4.74 Å². The molecule has 0 spiro atoms. The number of nitrogens with zero attached hydrogens (tertiary/aromatic N) is 2. The number of hydrogen-bond donors (Lipinski definition) is 2. The molecule has 0 atom stereocenters. The largest absolute Gasteiger partial charge is 0.496 e. The molecule has 2 aromatic carbocycles. The number of aromatic nitrogens is 2. The molecule has 1 heterocycles. The average molecular weight is 425 g/mol. The smallest absolute Gasteiger partial charge is 0.289 e. The van der Waals surface area contributed by atoms with Gasteiger partial charge in [0, 0.05) is 21.8 Å². The van der Waals surface area contributed by atoms with Crippen molar-refractivity contribution in [3.05, 3.63) is 76.4 Å². The Bertz CT molecular complexity index is 978. The van der Waals surface area contributed by atoms with Crippen LogP contribution in [0.2, 0.25) is 0 Å². The number of H-pyrrole nitrogens is 1. The predicted octanol–water partition coefficient (Wildman–Crippen LogP) is 4.28. The maximum absolute atomic E-state index is 12.1. The van der Waals surface area contributed by atoms with Gasteiger partial charge in [0.1, 0.15) is 11.4 Å². The lowest BCUT2D eigenvalue weighted by Gasteiger charge is -2.02. The number of ether oxygens (including phenoxy) is 1. The van der Waals surface area contributed by atoms with E-state index in [9.17, 15) is 4.79 Å². The molecule has 0 saturated heterocycles. The van der Waals surface area contributed by atoms with E-state index in [4.69, 9.17) is 4.74 Å². The van der Waals surface area contributed by atoms with Crippen molar-refractivity contribution >= 4 is 34.1 Å². The fourth-order valence-corrected chi connectivity index (χ4v) is 2.62. The van der Waals surface area contributed by atoms with Crippen molar-refractivity contribution < 1.29 is 9.53 Å². The van der Waals surface area contributed by atoms with Crippen molar-refractivity contribution in [1.82, 2.24) is 15.6 Å². The number of methoxy groups -OCH3 is 1. The number of benzene rings is 2. The van der Waals surface area contributed by atoms with Crippen LogP contribution in [-0.4, -0.2) is 29.4 Å². The lowest BCUT2D eigenvalue weighted by Crippen LogP contribution is -2.17. The molecule has 7 heteroatoms. The van der Waals surface area contributed by atoms with Gasteiger partial charge in [-0.15, -0.1) is 0 Å². The zero-order chi connectivity index (χ0) is 19.1. The molecule has 6 nitrogen and oxygen atoms in total. The van der Waals surface area contributed by atoms with Gasteiger partial charge in [0.15, 0.2) is 0 Å². The van der Waals surface area contributed by atoms with E-state index in [1.165, 1.54) is 6.21 Å². The fourth-order valence-electron chi connectivity index (χ4n) is 2.36. The summed E-state index contributed by atoms with van der Waals surface area (Å²) in [7, 11) is 1.62. The molecule has 0 aliphatic carbocycles.